The largest absolute Gasteiger partial charge is 0.405 e. The number of nitrogens with two attached hydrogens (primary N) is 1. The zero-order valence-electron chi connectivity index (χ0n) is 10.5. The highest BCUT2D eigenvalue weighted by molar-refractivity contribution is 7.89. The Labute approximate surface area is 115 Å². The van der Waals surface area contributed by atoms with Gasteiger partial charge in [0.1, 0.15) is 6.04 Å². The van der Waals surface area contributed by atoms with Crippen molar-refractivity contribution in [3.05, 3.63) is 30.3 Å². The molecule has 0 amide bonds. The molecule has 1 aliphatic heterocycles. The molecule has 1 heterocycles. The van der Waals surface area contributed by atoms with Gasteiger partial charge in [0.25, 0.3) is 0 Å². The summed E-state index contributed by atoms with van der Waals surface area (Å²) in [7, 11) is -4.19. The summed E-state index contributed by atoms with van der Waals surface area (Å²) in [4.78, 5) is -0.150. The molecule has 1 aliphatic rings. The van der Waals surface area contributed by atoms with Gasteiger partial charge in [-0.2, -0.15) is 17.5 Å². The molecule has 1 saturated heterocycles. The average Bonchev–Trinajstić information content (AvgIpc) is 2.38. The van der Waals surface area contributed by atoms with Crippen molar-refractivity contribution < 1.29 is 21.6 Å². The lowest BCUT2D eigenvalue weighted by atomic mass is 10.0. The average molecular weight is 308 g/mol. The van der Waals surface area contributed by atoms with E-state index in [1.54, 1.807) is 6.07 Å². The first-order valence-electron chi connectivity index (χ1n) is 6.12. The van der Waals surface area contributed by atoms with Crippen LogP contribution in [0.15, 0.2) is 35.2 Å². The van der Waals surface area contributed by atoms with Crippen molar-refractivity contribution in [1.82, 2.24) is 4.31 Å². The third-order valence-corrected chi connectivity index (χ3v) is 5.19. The van der Waals surface area contributed by atoms with E-state index in [2.05, 4.69) is 0 Å². The highest BCUT2D eigenvalue weighted by Crippen LogP contribution is 2.35. The standard InChI is InChI=1S/C12H15F3N2O2S/c13-12(14,15)11-7-6-9(16)8-17(11)20(18,19)10-4-2-1-3-5-10/h1-5,9,11H,6-8,16H2. The molecule has 2 atom stereocenters. The Balaban J connectivity index is 2.41. The van der Waals surface area contributed by atoms with Crippen LogP contribution in [0.3, 0.4) is 0 Å². The van der Waals surface area contributed by atoms with E-state index in [1.807, 2.05) is 0 Å². The first-order chi connectivity index (χ1) is 9.23. The van der Waals surface area contributed by atoms with Crippen LogP contribution in [-0.4, -0.2) is 37.5 Å². The number of alkyl halides is 3. The molecule has 112 valence electrons. The highest BCUT2D eigenvalue weighted by atomic mass is 32.2. The van der Waals surface area contributed by atoms with Crippen molar-refractivity contribution in [2.75, 3.05) is 6.54 Å². The lowest BCUT2D eigenvalue weighted by molar-refractivity contribution is -0.178. The summed E-state index contributed by atoms with van der Waals surface area (Å²) in [5, 5.41) is 0. The zero-order valence-corrected chi connectivity index (χ0v) is 11.4. The van der Waals surface area contributed by atoms with Crippen molar-refractivity contribution in [1.29, 1.82) is 0 Å². The van der Waals surface area contributed by atoms with Gasteiger partial charge in [-0.1, -0.05) is 18.2 Å². The summed E-state index contributed by atoms with van der Waals surface area (Å²) in [5.74, 6) is 0. The minimum absolute atomic E-state index is 0.150. The van der Waals surface area contributed by atoms with Gasteiger partial charge in [0.15, 0.2) is 0 Å². The van der Waals surface area contributed by atoms with E-state index >= 15 is 0 Å². The van der Waals surface area contributed by atoms with E-state index in [9.17, 15) is 21.6 Å². The number of hydrogen-bond donors (Lipinski definition) is 1. The summed E-state index contributed by atoms with van der Waals surface area (Å²) in [5.41, 5.74) is 5.63. The van der Waals surface area contributed by atoms with Gasteiger partial charge in [0.05, 0.1) is 4.90 Å². The first kappa shape index (κ1) is 15.3. The van der Waals surface area contributed by atoms with Crippen LogP contribution in [0, 0.1) is 0 Å². The lowest BCUT2D eigenvalue weighted by Crippen LogP contribution is -2.56. The molecule has 0 spiro atoms. The van der Waals surface area contributed by atoms with Crippen LogP contribution in [0.25, 0.3) is 0 Å². The van der Waals surface area contributed by atoms with Crippen molar-refractivity contribution in [2.45, 2.75) is 36.0 Å². The van der Waals surface area contributed by atoms with E-state index in [0.717, 1.165) is 0 Å². The smallest absolute Gasteiger partial charge is 0.327 e. The minimum Gasteiger partial charge on any atom is -0.327 e. The third-order valence-electron chi connectivity index (χ3n) is 3.30. The number of benzene rings is 1. The van der Waals surface area contributed by atoms with E-state index in [4.69, 9.17) is 5.73 Å². The number of piperidine rings is 1. The summed E-state index contributed by atoms with van der Waals surface area (Å²) in [6, 6.07) is 4.52. The normalized spacial score (nSPS) is 25.6. The molecule has 20 heavy (non-hydrogen) atoms. The van der Waals surface area contributed by atoms with Crippen LogP contribution in [0.4, 0.5) is 13.2 Å². The van der Waals surface area contributed by atoms with Gasteiger partial charge < -0.3 is 5.73 Å². The molecule has 0 saturated carbocycles. The summed E-state index contributed by atoms with van der Waals surface area (Å²) in [6.45, 7) is -0.318. The molecule has 2 unspecified atom stereocenters. The molecule has 1 aromatic carbocycles. The van der Waals surface area contributed by atoms with Crippen molar-refractivity contribution in [3.63, 3.8) is 0 Å². The second-order valence-corrected chi connectivity index (χ2v) is 6.67. The second-order valence-electron chi connectivity index (χ2n) is 4.78. The zero-order chi connectivity index (χ0) is 15.0. The summed E-state index contributed by atoms with van der Waals surface area (Å²) >= 11 is 0. The van der Waals surface area contributed by atoms with E-state index in [0.29, 0.717) is 4.31 Å². The Morgan fingerprint density at radius 1 is 1.15 bits per heavy atom. The molecule has 2 N–H and O–H groups in total. The van der Waals surface area contributed by atoms with Crippen molar-refractivity contribution in [2.24, 2.45) is 5.73 Å². The Morgan fingerprint density at radius 2 is 1.75 bits per heavy atom. The van der Waals surface area contributed by atoms with Crippen LogP contribution >= 0.6 is 0 Å². The van der Waals surface area contributed by atoms with Gasteiger partial charge in [-0.25, -0.2) is 8.42 Å². The van der Waals surface area contributed by atoms with Gasteiger partial charge in [-0.05, 0) is 25.0 Å². The fraction of sp³-hybridized carbons (Fsp3) is 0.500. The predicted molar refractivity (Wildman–Crippen MR) is 67.4 cm³/mol. The van der Waals surface area contributed by atoms with Gasteiger partial charge in [-0.3, -0.25) is 0 Å². The number of sulfonamides is 1. The Hall–Kier alpha value is -1.12. The van der Waals surface area contributed by atoms with E-state index < -0.39 is 28.3 Å². The SMILES string of the molecule is NC1CCC(C(F)(F)F)N(S(=O)(=O)c2ccccc2)C1. The molecule has 0 radical (unpaired) electrons. The minimum atomic E-state index is -4.60. The Kier molecular flexibility index (Phi) is 4.08. The van der Waals surface area contributed by atoms with Gasteiger partial charge in [0, 0.05) is 12.6 Å². The van der Waals surface area contributed by atoms with Crippen LogP contribution in [0.1, 0.15) is 12.8 Å². The predicted octanol–water partition coefficient (Wildman–Crippen LogP) is 1.73. The summed E-state index contributed by atoms with van der Waals surface area (Å²) in [6.07, 6.45) is -4.75. The number of rotatable bonds is 2. The van der Waals surface area contributed by atoms with Gasteiger partial charge in [-0.15, -0.1) is 0 Å². The van der Waals surface area contributed by atoms with Crippen molar-refractivity contribution >= 4 is 10.0 Å². The fourth-order valence-corrected chi connectivity index (χ4v) is 4.01. The molecule has 1 fully saturated rings. The molecule has 8 heteroatoms. The maximum absolute atomic E-state index is 13.0. The van der Waals surface area contributed by atoms with Crippen LogP contribution in [-0.2, 0) is 10.0 Å². The molecule has 0 aliphatic carbocycles. The molecule has 0 aromatic heterocycles. The summed E-state index contributed by atoms with van der Waals surface area (Å²) < 4.78 is 64.3. The third kappa shape index (κ3) is 2.97. The molecule has 4 nitrogen and oxygen atoms in total. The van der Waals surface area contributed by atoms with Crippen molar-refractivity contribution in [3.8, 4) is 0 Å². The second kappa shape index (κ2) is 5.34. The van der Waals surface area contributed by atoms with Gasteiger partial charge >= 0.3 is 6.18 Å². The highest BCUT2D eigenvalue weighted by Gasteiger charge is 2.50. The molecule has 0 bridgehead atoms. The van der Waals surface area contributed by atoms with Gasteiger partial charge in [0.2, 0.25) is 10.0 Å². The Morgan fingerprint density at radius 3 is 2.30 bits per heavy atom. The van der Waals surface area contributed by atoms with Crippen LogP contribution < -0.4 is 5.73 Å². The topological polar surface area (TPSA) is 63.4 Å². The maximum atomic E-state index is 13.0. The Bertz CT molecular complexity index is 560. The molecule has 1 aromatic rings. The van der Waals surface area contributed by atoms with E-state index in [-0.39, 0.29) is 24.3 Å². The van der Waals surface area contributed by atoms with Crippen LogP contribution in [0.2, 0.25) is 0 Å². The number of halogens is 3. The number of hydrogen-bond acceptors (Lipinski definition) is 3. The molecular weight excluding hydrogens is 293 g/mol. The number of nitrogens with zero attached hydrogens (tertiary/aromatic N) is 1. The maximum Gasteiger partial charge on any atom is 0.405 e. The first-order valence-corrected chi connectivity index (χ1v) is 7.56. The quantitative estimate of drug-likeness (QED) is 0.905. The molecular formula is C12H15F3N2O2S. The van der Waals surface area contributed by atoms with Crippen LogP contribution in [0.5, 0.6) is 0 Å². The van der Waals surface area contributed by atoms with E-state index in [1.165, 1.54) is 24.3 Å². The monoisotopic (exact) mass is 308 g/mol. The fourth-order valence-electron chi connectivity index (χ4n) is 2.29. The molecule has 2 rings (SSSR count). The lowest BCUT2D eigenvalue weighted by Gasteiger charge is -2.38.